The van der Waals surface area contributed by atoms with Crippen LogP contribution in [0.5, 0.6) is 0 Å². The van der Waals surface area contributed by atoms with Gasteiger partial charge in [-0.05, 0) is 49.4 Å². The molecule has 1 fully saturated rings. The van der Waals surface area contributed by atoms with Gasteiger partial charge in [-0.25, -0.2) is 4.79 Å². The minimum absolute atomic E-state index is 0.00393. The molecule has 1 saturated carbocycles. The van der Waals surface area contributed by atoms with Gasteiger partial charge in [0, 0.05) is 38.6 Å². The third kappa shape index (κ3) is 3.73. The van der Waals surface area contributed by atoms with Crippen molar-refractivity contribution in [1.29, 1.82) is 0 Å². The van der Waals surface area contributed by atoms with E-state index in [1.807, 2.05) is 44.2 Å². The summed E-state index contributed by atoms with van der Waals surface area (Å²) in [5.41, 5.74) is 3.20. The van der Waals surface area contributed by atoms with Crippen LogP contribution in [0.3, 0.4) is 0 Å². The van der Waals surface area contributed by atoms with E-state index in [9.17, 15) is 4.79 Å². The van der Waals surface area contributed by atoms with Gasteiger partial charge in [0.25, 0.3) is 0 Å². The highest BCUT2D eigenvalue weighted by Gasteiger charge is 2.27. The summed E-state index contributed by atoms with van der Waals surface area (Å²) < 4.78 is 0. The number of carbonyl (C=O) groups is 1. The molecule has 1 aliphatic rings. The first kappa shape index (κ1) is 16.7. The van der Waals surface area contributed by atoms with Crippen LogP contribution in [0.4, 0.5) is 16.2 Å². The Morgan fingerprint density at radius 3 is 2.45 bits per heavy atom. The number of nitrogens with one attached hydrogen (secondary N) is 1. The van der Waals surface area contributed by atoms with E-state index in [0.29, 0.717) is 12.0 Å². The normalized spacial score (nSPS) is 21.3. The smallest absolute Gasteiger partial charge is 0.321 e. The van der Waals surface area contributed by atoms with Crippen molar-refractivity contribution in [3.05, 3.63) is 23.8 Å². The number of urea groups is 1. The molecule has 2 rings (SSSR count). The topological polar surface area (TPSA) is 35.6 Å². The first-order valence-corrected chi connectivity index (χ1v) is 8.22. The molecular formula is C18H29N3O. The van der Waals surface area contributed by atoms with E-state index in [-0.39, 0.29) is 6.03 Å². The lowest BCUT2D eigenvalue weighted by Crippen LogP contribution is -2.44. The highest BCUT2D eigenvalue weighted by Crippen LogP contribution is 2.28. The second-order valence-corrected chi connectivity index (χ2v) is 6.77. The fraction of sp³-hybridized carbons (Fsp3) is 0.611. The first-order valence-electron chi connectivity index (χ1n) is 8.22. The van der Waals surface area contributed by atoms with Crippen LogP contribution in [-0.2, 0) is 0 Å². The predicted molar refractivity (Wildman–Crippen MR) is 93.7 cm³/mol. The van der Waals surface area contributed by atoms with Crippen molar-refractivity contribution in [2.75, 3.05) is 31.4 Å². The predicted octanol–water partition coefficient (Wildman–Crippen LogP) is 4.10. The highest BCUT2D eigenvalue weighted by molar-refractivity contribution is 5.89. The van der Waals surface area contributed by atoms with Crippen LogP contribution < -0.4 is 10.2 Å². The zero-order valence-corrected chi connectivity index (χ0v) is 14.5. The van der Waals surface area contributed by atoms with Crippen LogP contribution in [-0.4, -0.2) is 38.1 Å². The molecule has 0 radical (unpaired) electrons. The van der Waals surface area contributed by atoms with E-state index in [1.54, 1.807) is 0 Å². The lowest BCUT2D eigenvalue weighted by molar-refractivity contribution is 0.155. The molecule has 0 aliphatic heterocycles. The minimum Gasteiger partial charge on any atom is -0.377 e. The van der Waals surface area contributed by atoms with Gasteiger partial charge in [-0.2, -0.15) is 0 Å². The molecule has 0 saturated heterocycles. The van der Waals surface area contributed by atoms with Crippen LogP contribution in [0.2, 0.25) is 0 Å². The quantitative estimate of drug-likeness (QED) is 0.912. The van der Waals surface area contributed by atoms with Crippen molar-refractivity contribution in [3.8, 4) is 0 Å². The third-order valence-corrected chi connectivity index (χ3v) is 4.81. The third-order valence-electron chi connectivity index (χ3n) is 4.81. The Morgan fingerprint density at radius 2 is 1.86 bits per heavy atom. The molecular weight excluding hydrogens is 274 g/mol. The van der Waals surface area contributed by atoms with Gasteiger partial charge in [-0.3, -0.25) is 0 Å². The number of carbonyl (C=O) groups excluding carboxylic acids is 1. The lowest BCUT2D eigenvalue weighted by atomic mass is 9.85. The summed E-state index contributed by atoms with van der Waals surface area (Å²) in [5.74, 6) is 0.586. The second kappa shape index (κ2) is 7.03. The number of rotatable bonds is 3. The summed E-state index contributed by atoms with van der Waals surface area (Å²) >= 11 is 0. The summed E-state index contributed by atoms with van der Waals surface area (Å²) in [7, 11) is 5.97. The number of nitrogens with zero attached hydrogens (tertiary/aromatic N) is 2. The molecule has 4 nitrogen and oxygen atoms in total. The van der Waals surface area contributed by atoms with Gasteiger partial charge < -0.3 is 15.1 Å². The van der Waals surface area contributed by atoms with E-state index in [2.05, 4.69) is 24.1 Å². The van der Waals surface area contributed by atoms with Crippen LogP contribution >= 0.6 is 0 Å². The minimum atomic E-state index is -0.00393. The zero-order chi connectivity index (χ0) is 16.3. The standard InChI is InChI=1S/C18H29N3O/c1-13-8-6-7-9-17(13)21(5)18(22)19-15-10-11-16(20(3)4)14(2)12-15/h10-13,17H,6-9H2,1-5H3,(H,19,22)/t13-,17-/m1/s1. The van der Waals surface area contributed by atoms with Crippen LogP contribution in [0.25, 0.3) is 0 Å². The molecule has 0 aromatic heterocycles. The zero-order valence-electron chi connectivity index (χ0n) is 14.5. The van der Waals surface area contributed by atoms with Crippen LogP contribution in [0.1, 0.15) is 38.2 Å². The molecule has 1 N–H and O–H groups in total. The summed E-state index contributed by atoms with van der Waals surface area (Å²) in [4.78, 5) is 16.5. The van der Waals surface area contributed by atoms with Crippen molar-refractivity contribution in [2.45, 2.75) is 45.6 Å². The van der Waals surface area contributed by atoms with Gasteiger partial charge in [0.2, 0.25) is 0 Å². The van der Waals surface area contributed by atoms with Crippen molar-refractivity contribution in [1.82, 2.24) is 4.90 Å². The molecule has 0 spiro atoms. The Morgan fingerprint density at radius 1 is 1.18 bits per heavy atom. The van der Waals surface area contributed by atoms with E-state index in [1.165, 1.54) is 24.9 Å². The maximum Gasteiger partial charge on any atom is 0.321 e. The molecule has 1 aliphatic carbocycles. The van der Waals surface area contributed by atoms with Crippen molar-refractivity contribution >= 4 is 17.4 Å². The van der Waals surface area contributed by atoms with E-state index in [0.717, 1.165) is 17.7 Å². The molecule has 0 bridgehead atoms. The van der Waals surface area contributed by atoms with Crippen LogP contribution in [0, 0.1) is 12.8 Å². The SMILES string of the molecule is Cc1cc(NC(=O)N(C)[C@@H]2CCCC[C@H]2C)ccc1N(C)C. The summed E-state index contributed by atoms with van der Waals surface area (Å²) in [6.45, 7) is 4.32. The summed E-state index contributed by atoms with van der Waals surface area (Å²) in [5, 5.41) is 3.03. The van der Waals surface area contributed by atoms with Gasteiger partial charge in [0.15, 0.2) is 0 Å². The largest absolute Gasteiger partial charge is 0.377 e. The van der Waals surface area contributed by atoms with Gasteiger partial charge in [0.05, 0.1) is 0 Å². The lowest BCUT2D eigenvalue weighted by Gasteiger charge is -2.36. The van der Waals surface area contributed by atoms with Crippen LogP contribution in [0.15, 0.2) is 18.2 Å². The fourth-order valence-electron chi connectivity index (χ4n) is 3.47. The van der Waals surface area contributed by atoms with E-state index in [4.69, 9.17) is 0 Å². The molecule has 0 unspecified atom stereocenters. The average molecular weight is 303 g/mol. The van der Waals surface area contributed by atoms with Crippen molar-refractivity contribution in [3.63, 3.8) is 0 Å². The highest BCUT2D eigenvalue weighted by atomic mass is 16.2. The van der Waals surface area contributed by atoms with Gasteiger partial charge in [-0.1, -0.05) is 19.8 Å². The number of anilines is 2. The number of hydrogen-bond acceptors (Lipinski definition) is 2. The first-order chi connectivity index (χ1) is 10.4. The van der Waals surface area contributed by atoms with Gasteiger partial charge >= 0.3 is 6.03 Å². The van der Waals surface area contributed by atoms with E-state index >= 15 is 0 Å². The molecule has 22 heavy (non-hydrogen) atoms. The number of amides is 2. The maximum atomic E-state index is 12.5. The summed E-state index contributed by atoms with van der Waals surface area (Å²) in [6, 6.07) is 6.41. The van der Waals surface area contributed by atoms with Crippen molar-refractivity contribution in [2.24, 2.45) is 5.92 Å². The Labute approximate surface area is 134 Å². The number of hydrogen-bond donors (Lipinski definition) is 1. The van der Waals surface area contributed by atoms with Gasteiger partial charge in [0.1, 0.15) is 0 Å². The molecule has 2 atom stereocenters. The van der Waals surface area contributed by atoms with E-state index < -0.39 is 0 Å². The maximum absolute atomic E-state index is 12.5. The molecule has 1 aromatic rings. The van der Waals surface area contributed by atoms with Gasteiger partial charge in [-0.15, -0.1) is 0 Å². The second-order valence-electron chi connectivity index (χ2n) is 6.77. The molecule has 1 aromatic carbocycles. The Bertz CT molecular complexity index is 527. The van der Waals surface area contributed by atoms with Crippen molar-refractivity contribution < 1.29 is 4.79 Å². The molecule has 122 valence electrons. The fourth-order valence-corrected chi connectivity index (χ4v) is 3.47. The Hall–Kier alpha value is -1.71. The number of benzene rings is 1. The molecule has 0 heterocycles. The monoisotopic (exact) mass is 303 g/mol. The summed E-state index contributed by atoms with van der Waals surface area (Å²) in [6.07, 6.45) is 4.85. The molecule has 4 heteroatoms. The Balaban J connectivity index is 2.03. The molecule has 2 amide bonds. The average Bonchev–Trinajstić information content (AvgIpc) is 2.46. The Kier molecular flexibility index (Phi) is 5.33. The number of aryl methyl sites for hydroxylation is 1.